The number of nitrogens with two attached hydrogens (primary N) is 1. The summed E-state index contributed by atoms with van der Waals surface area (Å²) in [5.41, 5.74) is 6.56. The highest BCUT2D eigenvalue weighted by Gasteiger charge is 2.29. The Bertz CT molecular complexity index is 518. The van der Waals surface area contributed by atoms with E-state index in [0.29, 0.717) is 0 Å². The van der Waals surface area contributed by atoms with E-state index >= 15 is 0 Å². The summed E-state index contributed by atoms with van der Waals surface area (Å²) in [6.45, 7) is 3.02. The van der Waals surface area contributed by atoms with Crippen LogP contribution >= 0.6 is 0 Å². The average molecular weight is 303 g/mol. The van der Waals surface area contributed by atoms with Gasteiger partial charge in [0.25, 0.3) is 0 Å². The smallest absolute Gasteiger partial charge is 0.237 e. The van der Waals surface area contributed by atoms with Crippen molar-refractivity contribution in [2.24, 2.45) is 5.73 Å². The molecular formula is C17H25N3O2. The number of primary amides is 1. The van der Waals surface area contributed by atoms with Gasteiger partial charge in [0.2, 0.25) is 11.8 Å². The minimum atomic E-state index is -0.328. The first kappa shape index (κ1) is 16.5. The lowest BCUT2D eigenvalue weighted by Gasteiger charge is -2.35. The number of nitrogens with zero attached hydrogens (tertiary/aromatic N) is 2. The zero-order valence-corrected chi connectivity index (χ0v) is 13.4. The van der Waals surface area contributed by atoms with Gasteiger partial charge in [0, 0.05) is 7.05 Å². The van der Waals surface area contributed by atoms with E-state index in [1.807, 2.05) is 49.2 Å². The van der Waals surface area contributed by atoms with Crippen LogP contribution in [0.15, 0.2) is 30.3 Å². The van der Waals surface area contributed by atoms with E-state index < -0.39 is 0 Å². The van der Waals surface area contributed by atoms with Crippen molar-refractivity contribution in [1.82, 2.24) is 9.80 Å². The Labute approximate surface area is 132 Å². The van der Waals surface area contributed by atoms with Crippen LogP contribution in [0, 0.1) is 0 Å². The highest BCUT2D eigenvalue weighted by molar-refractivity contribution is 5.82. The third-order valence-corrected chi connectivity index (χ3v) is 4.54. The van der Waals surface area contributed by atoms with E-state index in [1.165, 1.54) is 0 Å². The van der Waals surface area contributed by atoms with Gasteiger partial charge in [0.05, 0.1) is 18.6 Å². The fourth-order valence-corrected chi connectivity index (χ4v) is 2.96. The second kappa shape index (κ2) is 7.40. The van der Waals surface area contributed by atoms with Crippen molar-refractivity contribution in [3.05, 3.63) is 35.9 Å². The molecule has 0 aromatic heterocycles. The van der Waals surface area contributed by atoms with Crippen molar-refractivity contribution in [1.29, 1.82) is 0 Å². The van der Waals surface area contributed by atoms with Crippen molar-refractivity contribution in [3.8, 4) is 0 Å². The predicted octanol–water partition coefficient (Wildman–Crippen LogP) is 1.55. The number of carbonyl (C=O) groups is 2. The summed E-state index contributed by atoms with van der Waals surface area (Å²) in [7, 11) is 1.81. The first-order valence-corrected chi connectivity index (χ1v) is 7.84. The largest absolute Gasteiger partial charge is 0.368 e. The minimum absolute atomic E-state index is 0.00511. The van der Waals surface area contributed by atoms with E-state index in [1.54, 1.807) is 4.90 Å². The van der Waals surface area contributed by atoms with Gasteiger partial charge in [0.15, 0.2) is 0 Å². The number of likely N-dealkylation sites (N-methyl/N-ethyl adjacent to an activating group) is 1. The van der Waals surface area contributed by atoms with Crippen molar-refractivity contribution >= 4 is 11.8 Å². The third kappa shape index (κ3) is 3.85. The molecule has 0 aliphatic carbocycles. The summed E-state index contributed by atoms with van der Waals surface area (Å²) in [5, 5.41) is 0. The molecule has 0 spiro atoms. The van der Waals surface area contributed by atoms with Crippen LogP contribution in [0.4, 0.5) is 0 Å². The summed E-state index contributed by atoms with van der Waals surface area (Å²) in [5.74, 6) is -0.309. The van der Waals surface area contributed by atoms with E-state index in [4.69, 9.17) is 5.73 Å². The Hall–Kier alpha value is -1.88. The Morgan fingerprint density at radius 3 is 2.64 bits per heavy atom. The Balaban J connectivity index is 2.00. The first-order chi connectivity index (χ1) is 10.5. The summed E-state index contributed by atoms with van der Waals surface area (Å²) in [4.78, 5) is 27.7. The second-order valence-corrected chi connectivity index (χ2v) is 5.98. The van der Waals surface area contributed by atoms with Crippen molar-refractivity contribution in [3.63, 3.8) is 0 Å². The van der Waals surface area contributed by atoms with Crippen LogP contribution in [0.5, 0.6) is 0 Å². The fraction of sp³-hybridized carbons (Fsp3) is 0.529. The molecule has 120 valence electrons. The fourth-order valence-electron chi connectivity index (χ4n) is 2.96. The summed E-state index contributed by atoms with van der Waals surface area (Å²) in [6, 6.07) is 9.63. The van der Waals surface area contributed by atoms with Gasteiger partial charge in [-0.05, 0) is 31.9 Å². The van der Waals surface area contributed by atoms with Gasteiger partial charge in [-0.2, -0.15) is 0 Å². The molecule has 1 aliphatic rings. The topological polar surface area (TPSA) is 66.6 Å². The molecular weight excluding hydrogens is 278 g/mol. The first-order valence-electron chi connectivity index (χ1n) is 7.84. The van der Waals surface area contributed by atoms with Crippen molar-refractivity contribution in [2.45, 2.75) is 38.3 Å². The normalized spacial score (nSPS) is 20.4. The molecule has 0 radical (unpaired) electrons. The number of carbonyl (C=O) groups excluding carboxylic acids is 2. The van der Waals surface area contributed by atoms with E-state index in [0.717, 1.165) is 31.4 Å². The van der Waals surface area contributed by atoms with Crippen LogP contribution in [0.3, 0.4) is 0 Å². The molecule has 22 heavy (non-hydrogen) atoms. The SMILES string of the molecule is C[C@H](c1ccccc1)N(C)C(=O)CN1CCCC[C@@H]1C(N)=O. The Morgan fingerprint density at radius 2 is 2.00 bits per heavy atom. The van der Waals surface area contributed by atoms with Gasteiger partial charge in [-0.15, -0.1) is 0 Å². The number of amides is 2. The van der Waals surface area contributed by atoms with Crippen LogP contribution in [-0.2, 0) is 9.59 Å². The number of benzene rings is 1. The molecule has 1 heterocycles. The Morgan fingerprint density at radius 1 is 1.32 bits per heavy atom. The van der Waals surface area contributed by atoms with Gasteiger partial charge < -0.3 is 10.6 Å². The Kier molecular flexibility index (Phi) is 5.55. The van der Waals surface area contributed by atoms with Crippen molar-refractivity contribution in [2.75, 3.05) is 20.1 Å². The zero-order valence-electron chi connectivity index (χ0n) is 13.4. The van der Waals surface area contributed by atoms with Crippen molar-refractivity contribution < 1.29 is 9.59 Å². The number of hydrogen-bond acceptors (Lipinski definition) is 3. The maximum Gasteiger partial charge on any atom is 0.237 e. The van der Waals surface area contributed by atoms with Crippen LogP contribution in [0.2, 0.25) is 0 Å². The van der Waals surface area contributed by atoms with E-state index in [2.05, 4.69) is 0 Å². The molecule has 0 saturated carbocycles. The lowest BCUT2D eigenvalue weighted by Crippen LogP contribution is -2.51. The van der Waals surface area contributed by atoms with Crippen LogP contribution in [0.1, 0.15) is 37.8 Å². The highest BCUT2D eigenvalue weighted by Crippen LogP contribution is 2.20. The van der Waals surface area contributed by atoms with Gasteiger partial charge in [0.1, 0.15) is 0 Å². The van der Waals surface area contributed by atoms with Gasteiger partial charge in [-0.1, -0.05) is 36.8 Å². The molecule has 1 saturated heterocycles. The number of hydrogen-bond donors (Lipinski definition) is 1. The molecule has 0 unspecified atom stereocenters. The van der Waals surface area contributed by atoms with Gasteiger partial charge in [-0.25, -0.2) is 0 Å². The monoisotopic (exact) mass is 303 g/mol. The molecule has 2 atom stereocenters. The highest BCUT2D eigenvalue weighted by atomic mass is 16.2. The quantitative estimate of drug-likeness (QED) is 0.897. The van der Waals surface area contributed by atoms with Gasteiger partial charge in [-0.3, -0.25) is 14.5 Å². The summed E-state index contributed by atoms with van der Waals surface area (Å²) < 4.78 is 0. The van der Waals surface area contributed by atoms with Crippen LogP contribution in [-0.4, -0.2) is 47.8 Å². The van der Waals surface area contributed by atoms with Crippen LogP contribution in [0.25, 0.3) is 0 Å². The lowest BCUT2D eigenvalue weighted by molar-refractivity contribution is -0.135. The van der Waals surface area contributed by atoms with Crippen LogP contribution < -0.4 is 5.73 Å². The molecule has 2 amide bonds. The zero-order chi connectivity index (χ0) is 16.1. The lowest BCUT2D eigenvalue weighted by atomic mass is 10.0. The molecule has 1 aromatic carbocycles. The molecule has 2 N–H and O–H groups in total. The standard InChI is InChI=1S/C17H25N3O2/c1-13(14-8-4-3-5-9-14)19(2)16(21)12-20-11-7-6-10-15(20)17(18)22/h3-5,8-9,13,15H,6-7,10-12H2,1-2H3,(H2,18,22)/t13-,15-/m1/s1. The number of rotatable bonds is 5. The maximum absolute atomic E-state index is 12.5. The average Bonchev–Trinajstić information content (AvgIpc) is 2.54. The van der Waals surface area contributed by atoms with E-state index in [-0.39, 0.29) is 30.4 Å². The number of piperidine rings is 1. The predicted molar refractivity (Wildman–Crippen MR) is 86.0 cm³/mol. The second-order valence-electron chi connectivity index (χ2n) is 5.98. The molecule has 0 bridgehead atoms. The van der Waals surface area contributed by atoms with Gasteiger partial charge >= 0.3 is 0 Å². The molecule has 5 nitrogen and oxygen atoms in total. The minimum Gasteiger partial charge on any atom is -0.368 e. The molecule has 5 heteroatoms. The number of likely N-dealkylation sites (tertiary alicyclic amines) is 1. The third-order valence-electron chi connectivity index (χ3n) is 4.54. The maximum atomic E-state index is 12.5. The molecule has 1 fully saturated rings. The molecule has 1 aromatic rings. The molecule has 2 rings (SSSR count). The molecule has 1 aliphatic heterocycles. The van der Waals surface area contributed by atoms with E-state index in [9.17, 15) is 9.59 Å². The summed E-state index contributed by atoms with van der Waals surface area (Å²) >= 11 is 0. The summed E-state index contributed by atoms with van der Waals surface area (Å²) in [6.07, 6.45) is 2.75.